The van der Waals surface area contributed by atoms with E-state index in [2.05, 4.69) is 5.32 Å². The molecule has 80 valence electrons. The number of rotatable bonds is 2. The summed E-state index contributed by atoms with van der Waals surface area (Å²) in [6, 6.07) is 0.367. The van der Waals surface area contributed by atoms with Crippen molar-refractivity contribution in [3.63, 3.8) is 0 Å². The van der Waals surface area contributed by atoms with Crippen LogP contribution in [0.25, 0.3) is 0 Å². The van der Waals surface area contributed by atoms with Crippen LogP contribution in [0.1, 0.15) is 19.3 Å². The second-order valence-corrected chi connectivity index (χ2v) is 4.10. The van der Waals surface area contributed by atoms with Gasteiger partial charge in [-0.2, -0.15) is 0 Å². The molecule has 0 saturated carbocycles. The van der Waals surface area contributed by atoms with E-state index in [4.69, 9.17) is 4.74 Å². The molecule has 2 rings (SSSR count). The van der Waals surface area contributed by atoms with E-state index in [9.17, 15) is 4.79 Å². The number of carbonyl (C=O) groups is 1. The molecule has 4 nitrogen and oxygen atoms in total. The van der Waals surface area contributed by atoms with Crippen LogP contribution in [0.3, 0.4) is 0 Å². The number of amides is 1. The lowest BCUT2D eigenvalue weighted by atomic mass is 10.1. The summed E-state index contributed by atoms with van der Waals surface area (Å²) in [5.74, 6) is 0.163. The van der Waals surface area contributed by atoms with Crippen molar-refractivity contribution in [2.45, 2.75) is 31.4 Å². The summed E-state index contributed by atoms with van der Waals surface area (Å²) in [6.07, 6.45) is 2.81. The van der Waals surface area contributed by atoms with Gasteiger partial charge in [0.2, 0.25) is 0 Å². The quantitative estimate of drug-likeness (QED) is 0.678. The van der Waals surface area contributed by atoms with Crippen molar-refractivity contribution in [2.75, 3.05) is 26.7 Å². The lowest BCUT2D eigenvalue weighted by Crippen LogP contribution is -2.43. The number of hydrogen-bond donors (Lipinski definition) is 1. The molecule has 2 heterocycles. The molecule has 2 aliphatic heterocycles. The fourth-order valence-corrected chi connectivity index (χ4v) is 2.15. The summed E-state index contributed by atoms with van der Waals surface area (Å²) < 4.78 is 5.38. The Hall–Kier alpha value is -0.610. The molecule has 1 N–H and O–H groups in total. The molecule has 0 aromatic rings. The summed E-state index contributed by atoms with van der Waals surface area (Å²) in [6.45, 7) is 2.69. The van der Waals surface area contributed by atoms with E-state index in [-0.39, 0.29) is 12.0 Å². The molecule has 4 heteroatoms. The zero-order valence-corrected chi connectivity index (χ0v) is 8.66. The highest BCUT2D eigenvalue weighted by Crippen LogP contribution is 2.16. The summed E-state index contributed by atoms with van der Waals surface area (Å²) >= 11 is 0. The Kier molecular flexibility index (Phi) is 3.03. The molecular weight excluding hydrogens is 180 g/mol. The van der Waals surface area contributed by atoms with Gasteiger partial charge in [-0.25, -0.2) is 0 Å². The predicted molar refractivity (Wildman–Crippen MR) is 53.0 cm³/mol. The highest BCUT2D eigenvalue weighted by molar-refractivity contribution is 5.81. The molecule has 2 fully saturated rings. The minimum Gasteiger partial charge on any atom is -0.368 e. The molecular formula is C10H18N2O2. The zero-order chi connectivity index (χ0) is 9.97. The van der Waals surface area contributed by atoms with Crippen LogP contribution < -0.4 is 5.32 Å². The first-order valence-electron chi connectivity index (χ1n) is 5.38. The molecule has 0 aromatic carbocycles. The number of ether oxygens (including phenoxy) is 1. The normalized spacial score (nSPS) is 32.1. The smallest absolute Gasteiger partial charge is 0.251 e. The molecule has 0 radical (unpaired) electrons. The molecule has 0 spiro atoms. The van der Waals surface area contributed by atoms with Gasteiger partial charge in [0.1, 0.15) is 6.10 Å². The summed E-state index contributed by atoms with van der Waals surface area (Å²) in [4.78, 5) is 13.8. The van der Waals surface area contributed by atoms with Crippen molar-refractivity contribution in [2.24, 2.45) is 0 Å². The van der Waals surface area contributed by atoms with Crippen molar-refractivity contribution >= 4 is 5.91 Å². The number of nitrogens with one attached hydrogen (secondary N) is 1. The number of nitrogens with zero attached hydrogens (tertiary/aromatic N) is 1. The van der Waals surface area contributed by atoms with Crippen LogP contribution in [-0.2, 0) is 9.53 Å². The molecule has 2 saturated heterocycles. The lowest BCUT2D eigenvalue weighted by Gasteiger charge is -2.26. The highest BCUT2D eigenvalue weighted by Gasteiger charge is 2.30. The molecule has 2 unspecified atom stereocenters. The van der Waals surface area contributed by atoms with Gasteiger partial charge in [0.15, 0.2) is 0 Å². The van der Waals surface area contributed by atoms with E-state index in [1.54, 1.807) is 0 Å². The van der Waals surface area contributed by atoms with E-state index in [1.807, 2.05) is 11.9 Å². The average molecular weight is 198 g/mol. The third-order valence-electron chi connectivity index (χ3n) is 3.13. The third kappa shape index (κ3) is 1.91. The van der Waals surface area contributed by atoms with Gasteiger partial charge in [-0.15, -0.1) is 0 Å². The molecule has 14 heavy (non-hydrogen) atoms. The van der Waals surface area contributed by atoms with Crippen LogP contribution in [0.2, 0.25) is 0 Å². The SMILES string of the molecule is CN(C(=O)C1CCCO1)C1CCNC1. The van der Waals surface area contributed by atoms with E-state index >= 15 is 0 Å². The van der Waals surface area contributed by atoms with Gasteiger partial charge in [0.25, 0.3) is 5.91 Å². The van der Waals surface area contributed by atoms with Gasteiger partial charge in [-0.05, 0) is 25.8 Å². The van der Waals surface area contributed by atoms with Crippen molar-refractivity contribution in [1.29, 1.82) is 0 Å². The Bertz CT molecular complexity index is 208. The maximum absolute atomic E-state index is 11.9. The monoisotopic (exact) mass is 198 g/mol. The van der Waals surface area contributed by atoms with Crippen LogP contribution in [-0.4, -0.2) is 49.7 Å². The molecule has 2 aliphatic rings. The van der Waals surface area contributed by atoms with Crippen molar-refractivity contribution < 1.29 is 9.53 Å². The van der Waals surface area contributed by atoms with Crippen LogP contribution >= 0.6 is 0 Å². The second-order valence-electron chi connectivity index (χ2n) is 4.10. The van der Waals surface area contributed by atoms with Gasteiger partial charge in [-0.3, -0.25) is 4.79 Å². The van der Waals surface area contributed by atoms with Gasteiger partial charge < -0.3 is 15.0 Å². The first kappa shape index (κ1) is 9.93. The van der Waals surface area contributed by atoms with Crippen LogP contribution in [0.5, 0.6) is 0 Å². The fourth-order valence-electron chi connectivity index (χ4n) is 2.15. The maximum Gasteiger partial charge on any atom is 0.251 e. The Labute approximate surface area is 84.6 Å². The molecule has 0 bridgehead atoms. The Balaban J connectivity index is 1.89. The van der Waals surface area contributed by atoms with Crippen molar-refractivity contribution in [3.05, 3.63) is 0 Å². The van der Waals surface area contributed by atoms with E-state index in [1.165, 1.54) is 0 Å². The van der Waals surface area contributed by atoms with E-state index in [0.717, 1.165) is 39.0 Å². The lowest BCUT2D eigenvalue weighted by molar-refractivity contribution is -0.141. The van der Waals surface area contributed by atoms with Gasteiger partial charge in [-0.1, -0.05) is 0 Å². The van der Waals surface area contributed by atoms with Gasteiger partial charge >= 0.3 is 0 Å². The van der Waals surface area contributed by atoms with Crippen LogP contribution in [0.4, 0.5) is 0 Å². The van der Waals surface area contributed by atoms with Crippen LogP contribution in [0, 0.1) is 0 Å². The minimum atomic E-state index is -0.166. The van der Waals surface area contributed by atoms with Crippen molar-refractivity contribution in [1.82, 2.24) is 10.2 Å². The summed E-state index contributed by atoms with van der Waals surface area (Å²) in [7, 11) is 1.89. The molecule has 0 aliphatic carbocycles. The number of carbonyl (C=O) groups excluding carboxylic acids is 1. The Morgan fingerprint density at radius 2 is 2.36 bits per heavy atom. The zero-order valence-electron chi connectivity index (χ0n) is 8.66. The molecule has 1 amide bonds. The Morgan fingerprint density at radius 1 is 1.50 bits per heavy atom. The minimum absolute atomic E-state index is 0.163. The third-order valence-corrected chi connectivity index (χ3v) is 3.13. The van der Waals surface area contributed by atoms with Gasteiger partial charge in [0.05, 0.1) is 0 Å². The topological polar surface area (TPSA) is 41.6 Å². The number of hydrogen-bond acceptors (Lipinski definition) is 3. The number of likely N-dealkylation sites (N-methyl/N-ethyl adjacent to an activating group) is 1. The summed E-state index contributed by atoms with van der Waals surface area (Å²) in [5.41, 5.74) is 0. The fraction of sp³-hybridized carbons (Fsp3) is 0.900. The van der Waals surface area contributed by atoms with E-state index < -0.39 is 0 Å². The first-order valence-corrected chi connectivity index (χ1v) is 5.38. The largest absolute Gasteiger partial charge is 0.368 e. The second kappa shape index (κ2) is 4.28. The highest BCUT2D eigenvalue weighted by atomic mass is 16.5. The summed E-state index contributed by atoms with van der Waals surface area (Å²) in [5, 5.41) is 3.26. The Morgan fingerprint density at radius 3 is 2.93 bits per heavy atom. The van der Waals surface area contributed by atoms with Crippen molar-refractivity contribution in [3.8, 4) is 0 Å². The van der Waals surface area contributed by atoms with Crippen LogP contribution in [0.15, 0.2) is 0 Å². The van der Waals surface area contributed by atoms with E-state index in [0.29, 0.717) is 6.04 Å². The standard InChI is InChI=1S/C10H18N2O2/c1-12(8-4-5-11-7-8)10(13)9-3-2-6-14-9/h8-9,11H,2-7H2,1H3. The van der Waals surface area contributed by atoms with Gasteiger partial charge in [0, 0.05) is 26.2 Å². The predicted octanol–water partition coefficient (Wildman–Crippen LogP) is -0.0143. The molecule has 2 atom stereocenters. The average Bonchev–Trinajstić information content (AvgIpc) is 2.87. The molecule has 0 aromatic heterocycles. The maximum atomic E-state index is 11.9. The first-order chi connectivity index (χ1) is 6.79.